The number of likely N-dealkylation sites (N-methyl/N-ethyl adjacent to an activating group) is 1. The number of nitrogens with zero attached hydrogens (tertiary/aromatic N) is 3. The summed E-state index contributed by atoms with van der Waals surface area (Å²) in [5, 5.41) is 4.01. The van der Waals surface area contributed by atoms with Crippen molar-refractivity contribution < 1.29 is 9.53 Å². The van der Waals surface area contributed by atoms with Crippen molar-refractivity contribution >= 4 is 34.4 Å². The molecule has 2 aromatic carbocycles. The van der Waals surface area contributed by atoms with Crippen molar-refractivity contribution in [3.05, 3.63) is 65.7 Å². The van der Waals surface area contributed by atoms with E-state index in [0.717, 1.165) is 65.5 Å². The molecule has 1 saturated heterocycles. The first-order valence-corrected chi connectivity index (χ1v) is 11.5. The maximum absolute atomic E-state index is 12.5. The van der Waals surface area contributed by atoms with Crippen LogP contribution in [-0.2, 0) is 4.79 Å². The standard InChI is InChI=1S/C27H32N4O2/c1-19(2)33-23-9-5-21(6-10-23)7-12-27(32)28-22-8-11-25-24(18-22)20(3)17-26(29-25)31-15-13-30(4)14-16-31/h5-12,17-19H,13-16H2,1-4H3,(H,28,32). The van der Waals surface area contributed by atoms with Gasteiger partial charge < -0.3 is 19.9 Å². The SMILES string of the molecule is Cc1cc(N2CCN(C)CC2)nc2ccc(NC(=O)C=Cc3ccc(OC(C)C)cc3)cc12. The Morgan fingerprint density at radius 2 is 1.79 bits per heavy atom. The molecule has 2 heterocycles. The Kier molecular flexibility index (Phi) is 6.94. The predicted molar refractivity (Wildman–Crippen MR) is 136 cm³/mol. The molecule has 1 amide bonds. The highest BCUT2D eigenvalue weighted by molar-refractivity contribution is 6.03. The van der Waals surface area contributed by atoms with Gasteiger partial charge in [-0.05, 0) is 81.4 Å². The number of anilines is 2. The second-order valence-corrected chi connectivity index (χ2v) is 8.88. The zero-order valence-corrected chi connectivity index (χ0v) is 19.8. The molecule has 1 N–H and O–H groups in total. The molecular formula is C27H32N4O2. The number of rotatable bonds is 6. The molecule has 1 aliphatic heterocycles. The Morgan fingerprint density at radius 1 is 1.06 bits per heavy atom. The van der Waals surface area contributed by atoms with Crippen LogP contribution >= 0.6 is 0 Å². The molecule has 0 spiro atoms. The molecule has 0 bridgehead atoms. The molecular weight excluding hydrogens is 412 g/mol. The number of hydrogen-bond acceptors (Lipinski definition) is 5. The van der Waals surface area contributed by atoms with Gasteiger partial charge in [0.15, 0.2) is 0 Å². The van der Waals surface area contributed by atoms with E-state index in [4.69, 9.17) is 9.72 Å². The van der Waals surface area contributed by atoms with Crippen molar-refractivity contribution in [1.29, 1.82) is 0 Å². The quantitative estimate of drug-likeness (QED) is 0.557. The molecule has 0 unspecified atom stereocenters. The lowest BCUT2D eigenvalue weighted by Gasteiger charge is -2.33. The van der Waals surface area contributed by atoms with Gasteiger partial charge in [0, 0.05) is 43.3 Å². The van der Waals surface area contributed by atoms with E-state index >= 15 is 0 Å². The van der Waals surface area contributed by atoms with Crippen molar-refractivity contribution in [3.8, 4) is 5.75 Å². The van der Waals surface area contributed by atoms with E-state index in [1.165, 1.54) is 0 Å². The van der Waals surface area contributed by atoms with E-state index in [1.54, 1.807) is 12.2 Å². The fourth-order valence-electron chi connectivity index (χ4n) is 3.94. The zero-order chi connectivity index (χ0) is 23.4. The van der Waals surface area contributed by atoms with E-state index in [0.29, 0.717) is 0 Å². The lowest BCUT2D eigenvalue weighted by molar-refractivity contribution is -0.111. The molecule has 1 fully saturated rings. The van der Waals surface area contributed by atoms with Crippen LogP contribution in [0.3, 0.4) is 0 Å². The molecule has 1 aliphatic rings. The monoisotopic (exact) mass is 444 g/mol. The van der Waals surface area contributed by atoms with Crippen LogP contribution in [-0.4, -0.2) is 55.1 Å². The van der Waals surface area contributed by atoms with Gasteiger partial charge in [-0.15, -0.1) is 0 Å². The summed E-state index contributed by atoms with van der Waals surface area (Å²) < 4.78 is 5.65. The van der Waals surface area contributed by atoms with Gasteiger partial charge in [0.05, 0.1) is 11.6 Å². The minimum atomic E-state index is -0.170. The van der Waals surface area contributed by atoms with Crippen LogP contribution in [0, 0.1) is 6.92 Å². The predicted octanol–water partition coefficient (Wildman–Crippen LogP) is 4.73. The summed E-state index contributed by atoms with van der Waals surface area (Å²) >= 11 is 0. The molecule has 1 aromatic heterocycles. The second-order valence-electron chi connectivity index (χ2n) is 8.88. The fourth-order valence-corrected chi connectivity index (χ4v) is 3.94. The maximum atomic E-state index is 12.5. The summed E-state index contributed by atoms with van der Waals surface area (Å²) in [5.74, 6) is 1.68. The van der Waals surface area contributed by atoms with Crippen LogP contribution in [0.4, 0.5) is 11.5 Å². The Morgan fingerprint density at radius 3 is 2.48 bits per heavy atom. The van der Waals surface area contributed by atoms with Crippen LogP contribution in [0.25, 0.3) is 17.0 Å². The highest BCUT2D eigenvalue weighted by Crippen LogP contribution is 2.26. The number of benzene rings is 2. The highest BCUT2D eigenvalue weighted by Gasteiger charge is 2.16. The molecule has 0 radical (unpaired) electrons. The smallest absolute Gasteiger partial charge is 0.248 e. The lowest BCUT2D eigenvalue weighted by Crippen LogP contribution is -2.44. The summed E-state index contributed by atoms with van der Waals surface area (Å²) in [5.41, 5.74) is 3.80. The number of hydrogen-bond donors (Lipinski definition) is 1. The van der Waals surface area contributed by atoms with Crippen LogP contribution in [0.2, 0.25) is 0 Å². The maximum Gasteiger partial charge on any atom is 0.248 e. The molecule has 33 heavy (non-hydrogen) atoms. The number of ether oxygens (including phenoxy) is 1. The van der Waals surface area contributed by atoms with Crippen LogP contribution in [0.5, 0.6) is 5.75 Å². The van der Waals surface area contributed by atoms with E-state index in [1.807, 2.05) is 56.3 Å². The number of carbonyl (C=O) groups excluding carboxylic acids is 1. The van der Waals surface area contributed by atoms with Crippen molar-refractivity contribution in [3.63, 3.8) is 0 Å². The molecule has 4 rings (SSSR count). The van der Waals surface area contributed by atoms with E-state index < -0.39 is 0 Å². The minimum absolute atomic E-state index is 0.135. The summed E-state index contributed by atoms with van der Waals surface area (Å²) in [7, 11) is 2.15. The van der Waals surface area contributed by atoms with Gasteiger partial charge >= 0.3 is 0 Å². The Hall–Kier alpha value is -3.38. The van der Waals surface area contributed by atoms with Crippen molar-refractivity contribution in [1.82, 2.24) is 9.88 Å². The Labute approximate surface area is 195 Å². The van der Waals surface area contributed by atoms with Crippen LogP contribution in [0.15, 0.2) is 54.6 Å². The minimum Gasteiger partial charge on any atom is -0.491 e. The first-order valence-electron chi connectivity index (χ1n) is 11.5. The Bertz CT molecular complexity index is 1150. The van der Waals surface area contributed by atoms with Gasteiger partial charge in [-0.25, -0.2) is 4.98 Å². The number of aryl methyl sites for hydroxylation is 1. The van der Waals surface area contributed by atoms with E-state index in [-0.39, 0.29) is 12.0 Å². The number of pyridine rings is 1. The second kappa shape index (κ2) is 10.0. The first kappa shape index (κ1) is 22.8. The van der Waals surface area contributed by atoms with Gasteiger partial charge in [0.2, 0.25) is 5.91 Å². The van der Waals surface area contributed by atoms with Gasteiger partial charge in [-0.2, -0.15) is 0 Å². The molecule has 0 atom stereocenters. The number of carbonyl (C=O) groups is 1. The van der Waals surface area contributed by atoms with Gasteiger partial charge in [0.25, 0.3) is 0 Å². The summed E-state index contributed by atoms with van der Waals surface area (Å²) in [6.07, 6.45) is 3.48. The third kappa shape index (κ3) is 5.90. The topological polar surface area (TPSA) is 57.7 Å². The number of aromatic nitrogens is 1. The van der Waals surface area contributed by atoms with Gasteiger partial charge in [-0.1, -0.05) is 12.1 Å². The normalized spacial score (nSPS) is 14.9. The van der Waals surface area contributed by atoms with Crippen molar-refractivity contribution in [2.45, 2.75) is 26.9 Å². The van der Waals surface area contributed by atoms with E-state index in [2.05, 4.69) is 35.2 Å². The number of amides is 1. The third-order valence-corrected chi connectivity index (χ3v) is 5.78. The Balaban J connectivity index is 1.43. The number of fused-ring (bicyclic) bond motifs is 1. The van der Waals surface area contributed by atoms with Gasteiger partial charge in [-0.3, -0.25) is 4.79 Å². The highest BCUT2D eigenvalue weighted by atomic mass is 16.5. The van der Waals surface area contributed by atoms with E-state index in [9.17, 15) is 4.79 Å². The largest absolute Gasteiger partial charge is 0.491 e. The first-order chi connectivity index (χ1) is 15.9. The third-order valence-electron chi connectivity index (χ3n) is 5.78. The molecule has 3 aromatic rings. The van der Waals surface area contributed by atoms with Crippen LogP contribution < -0.4 is 15.0 Å². The number of piperazine rings is 1. The fraction of sp³-hybridized carbons (Fsp3) is 0.333. The van der Waals surface area contributed by atoms with Crippen molar-refractivity contribution in [2.75, 3.05) is 43.4 Å². The zero-order valence-electron chi connectivity index (χ0n) is 19.8. The lowest BCUT2D eigenvalue weighted by atomic mass is 10.1. The van der Waals surface area contributed by atoms with Crippen molar-refractivity contribution in [2.24, 2.45) is 0 Å². The molecule has 0 saturated carbocycles. The summed E-state index contributed by atoms with van der Waals surface area (Å²) in [4.78, 5) is 22.0. The average molecular weight is 445 g/mol. The summed E-state index contributed by atoms with van der Waals surface area (Å²) in [6.45, 7) is 10.2. The molecule has 0 aliphatic carbocycles. The summed E-state index contributed by atoms with van der Waals surface area (Å²) in [6, 6.07) is 15.7. The number of nitrogens with one attached hydrogen (secondary N) is 1. The average Bonchev–Trinajstić information content (AvgIpc) is 2.79. The molecule has 172 valence electrons. The molecule has 6 heteroatoms. The van der Waals surface area contributed by atoms with Gasteiger partial charge in [0.1, 0.15) is 11.6 Å². The molecule has 6 nitrogen and oxygen atoms in total. The van der Waals surface area contributed by atoms with Crippen LogP contribution in [0.1, 0.15) is 25.0 Å².